The molecule has 2 amide bonds. The van der Waals surface area contributed by atoms with Crippen LogP contribution >= 0.6 is 11.3 Å². The number of sulfonamides is 1. The Morgan fingerprint density at radius 1 is 1.18 bits per heavy atom. The second-order valence-electron chi connectivity index (χ2n) is 9.95. The molecule has 2 heterocycles. The van der Waals surface area contributed by atoms with Gasteiger partial charge in [-0.25, -0.2) is 27.7 Å². The number of thiazole rings is 1. The van der Waals surface area contributed by atoms with E-state index >= 15 is 0 Å². The number of aromatic nitrogens is 1. The van der Waals surface area contributed by atoms with Gasteiger partial charge in [0.25, 0.3) is 0 Å². The zero-order valence-electron chi connectivity index (χ0n) is 21.8. The van der Waals surface area contributed by atoms with E-state index in [4.69, 9.17) is 9.84 Å². The summed E-state index contributed by atoms with van der Waals surface area (Å²) in [7, 11) is -3.77. The van der Waals surface area contributed by atoms with E-state index in [0.717, 1.165) is 35.6 Å². The molecule has 0 spiro atoms. The second kappa shape index (κ2) is 11.9. The van der Waals surface area contributed by atoms with E-state index in [1.165, 1.54) is 16.2 Å². The van der Waals surface area contributed by atoms with Crippen LogP contribution in [0.4, 0.5) is 15.3 Å². The first-order chi connectivity index (χ1) is 18.1. The number of nitrogens with one attached hydrogen (secondary N) is 3. The SMILES string of the molecule is CCNS(=O)(=O)c1cc(NC2CN(C(=O)O)C2)ccc1-c1cnc(C2CCC(NC(=O)OC(C)C)CC2)s1. The molecule has 38 heavy (non-hydrogen) atoms. The average molecular weight is 566 g/mol. The number of carboxylic acid groups (broad SMARTS) is 1. The van der Waals surface area contributed by atoms with Gasteiger partial charge in [-0.3, -0.25) is 0 Å². The van der Waals surface area contributed by atoms with Gasteiger partial charge in [0, 0.05) is 49.0 Å². The first-order valence-corrected chi connectivity index (χ1v) is 15.2. The predicted octanol–water partition coefficient (Wildman–Crippen LogP) is 4.04. The smallest absolute Gasteiger partial charge is 0.407 e. The van der Waals surface area contributed by atoms with Gasteiger partial charge in [-0.1, -0.05) is 13.0 Å². The number of anilines is 1. The van der Waals surface area contributed by atoms with E-state index in [0.29, 0.717) is 24.3 Å². The third-order valence-electron chi connectivity index (χ3n) is 6.66. The van der Waals surface area contributed by atoms with Crippen LogP contribution in [0, 0.1) is 0 Å². The maximum Gasteiger partial charge on any atom is 0.407 e. The average Bonchev–Trinajstić information content (AvgIpc) is 3.31. The molecule has 0 radical (unpaired) electrons. The zero-order chi connectivity index (χ0) is 27.4. The Morgan fingerprint density at radius 3 is 2.53 bits per heavy atom. The molecule has 11 nitrogen and oxygen atoms in total. The first-order valence-electron chi connectivity index (χ1n) is 12.9. The molecule has 1 saturated heterocycles. The van der Waals surface area contributed by atoms with Crippen LogP contribution in [0.3, 0.4) is 0 Å². The van der Waals surface area contributed by atoms with E-state index in [2.05, 4.69) is 20.3 Å². The Hall–Kier alpha value is -2.90. The molecule has 2 fully saturated rings. The van der Waals surface area contributed by atoms with Crippen LogP contribution in [0.2, 0.25) is 0 Å². The highest BCUT2D eigenvalue weighted by molar-refractivity contribution is 7.89. The van der Waals surface area contributed by atoms with E-state index in [-0.39, 0.29) is 41.6 Å². The van der Waals surface area contributed by atoms with Gasteiger partial charge in [0.15, 0.2) is 0 Å². The Labute approximate surface area is 227 Å². The van der Waals surface area contributed by atoms with E-state index in [1.807, 2.05) is 19.9 Å². The molecule has 4 rings (SSSR count). The van der Waals surface area contributed by atoms with E-state index in [9.17, 15) is 18.0 Å². The maximum absolute atomic E-state index is 13.1. The molecule has 0 unspecified atom stereocenters. The van der Waals surface area contributed by atoms with Gasteiger partial charge >= 0.3 is 12.2 Å². The van der Waals surface area contributed by atoms with Crippen LogP contribution in [0.1, 0.15) is 57.4 Å². The zero-order valence-corrected chi connectivity index (χ0v) is 23.4. The molecule has 13 heteroatoms. The number of nitrogens with zero attached hydrogens (tertiary/aromatic N) is 2. The number of alkyl carbamates (subject to hydrolysis) is 1. The fourth-order valence-electron chi connectivity index (χ4n) is 4.77. The molecule has 4 N–H and O–H groups in total. The maximum atomic E-state index is 13.1. The van der Waals surface area contributed by atoms with Crippen molar-refractivity contribution < 1.29 is 27.9 Å². The number of hydrogen-bond donors (Lipinski definition) is 4. The minimum atomic E-state index is -3.77. The Kier molecular flexibility index (Phi) is 8.78. The fraction of sp³-hybridized carbons (Fsp3) is 0.560. The summed E-state index contributed by atoms with van der Waals surface area (Å²) in [6, 6.07) is 5.20. The van der Waals surface area contributed by atoms with Crippen molar-refractivity contribution in [3.05, 3.63) is 29.4 Å². The Bertz CT molecular complexity index is 1250. The number of likely N-dealkylation sites (tertiary alicyclic amines) is 1. The summed E-state index contributed by atoms with van der Waals surface area (Å²) in [5.74, 6) is 0.249. The quantitative estimate of drug-likeness (QED) is 0.356. The third kappa shape index (κ3) is 6.75. The van der Waals surface area contributed by atoms with Gasteiger partial charge in [0.1, 0.15) is 0 Å². The van der Waals surface area contributed by atoms with Crippen molar-refractivity contribution in [2.75, 3.05) is 25.0 Å². The second-order valence-corrected chi connectivity index (χ2v) is 12.7. The fourth-order valence-corrected chi connectivity index (χ4v) is 7.24. The van der Waals surface area contributed by atoms with Gasteiger partial charge in [0.05, 0.1) is 26.9 Å². The highest BCUT2D eigenvalue weighted by Crippen LogP contribution is 2.40. The number of amides is 2. The predicted molar refractivity (Wildman–Crippen MR) is 145 cm³/mol. The number of ether oxygens (including phenoxy) is 1. The molecule has 2 aliphatic rings. The number of carbonyl (C=O) groups excluding carboxylic acids is 1. The molecule has 1 aliphatic carbocycles. The molecule has 208 valence electrons. The van der Waals surface area contributed by atoms with Crippen molar-refractivity contribution in [2.24, 2.45) is 0 Å². The lowest BCUT2D eigenvalue weighted by atomic mass is 9.86. The number of rotatable bonds is 9. The van der Waals surface area contributed by atoms with Gasteiger partial charge in [0.2, 0.25) is 10.0 Å². The minimum Gasteiger partial charge on any atom is -0.465 e. The summed E-state index contributed by atoms with van der Waals surface area (Å²) in [5, 5.41) is 16.2. The van der Waals surface area contributed by atoms with Crippen LogP contribution in [0.15, 0.2) is 29.3 Å². The van der Waals surface area contributed by atoms with Crippen LogP contribution in [-0.2, 0) is 14.8 Å². The van der Waals surface area contributed by atoms with Crippen molar-refractivity contribution >= 4 is 39.2 Å². The standard InChI is InChI=1S/C25H35N5O6S2/c1-4-27-38(34,35)22-11-18(28-19-13-30(14-19)25(32)33)9-10-20(22)21-12-26-23(37-21)16-5-7-17(8-6-16)29-24(31)36-15(2)3/h9-12,15-17,19,27-28H,4-8,13-14H2,1-3H3,(H,29,31)(H,32,33). The van der Waals surface area contributed by atoms with Crippen LogP contribution in [0.5, 0.6) is 0 Å². The lowest BCUT2D eigenvalue weighted by molar-refractivity contribution is 0.109. The van der Waals surface area contributed by atoms with Crippen LogP contribution in [0.25, 0.3) is 10.4 Å². The van der Waals surface area contributed by atoms with Gasteiger partial charge < -0.3 is 25.4 Å². The molecule has 1 aromatic carbocycles. The van der Waals surface area contributed by atoms with Gasteiger partial charge in [-0.2, -0.15) is 0 Å². The van der Waals surface area contributed by atoms with Crippen molar-refractivity contribution in [1.29, 1.82) is 0 Å². The van der Waals surface area contributed by atoms with Crippen molar-refractivity contribution in [2.45, 2.75) is 75.5 Å². The molecular weight excluding hydrogens is 530 g/mol. The number of carbonyl (C=O) groups is 2. The van der Waals surface area contributed by atoms with Crippen LogP contribution in [-0.4, -0.2) is 73.4 Å². The molecule has 1 aliphatic heterocycles. The van der Waals surface area contributed by atoms with Crippen molar-refractivity contribution in [3.8, 4) is 10.4 Å². The summed E-state index contributed by atoms with van der Waals surface area (Å²) < 4.78 is 34.0. The first kappa shape index (κ1) is 28.1. The summed E-state index contributed by atoms with van der Waals surface area (Å²) >= 11 is 1.50. The highest BCUT2D eigenvalue weighted by Gasteiger charge is 2.31. The third-order valence-corrected chi connectivity index (χ3v) is 9.44. The molecule has 0 atom stereocenters. The molecule has 1 saturated carbocycles. The normalized spacial score (nSPS) is 20.2. The summed E-state index contributed by atoms with van der Waals surface area (Å²) in [4.78, 5) is 29.8. The number of hydrogen-bond acceptors (Lipinski definition) is 8. The topological polar surface area (TPSA) is 150 Å². The summed E-state index contributed by atoms with van der Waals surface area (Å²) in [6.07, 6.45) is 3.62. The lowest BCUT2D eigenvalue weighted by Gasteiger charge is -2.38. The number of benzene rings is 1. The molecule has 0 bridgehead atoms. The summed E-state index contributed by atoms with van der Waals surface area (Å²) in [5.41, 5.74) is 1.19. The van der Waals surface area contributed by atoms with E-state index in [1.54, 1.807) is 25.3 Å². The molecule has 2 aromatic rings. The highest BCUT2D eigenvalue weighted by atomic mass is 32.2. The van der Waals surface area contributed by atoms with Crippen molar-refractivity contribution in [1.82, 2.24) is 19.9 Å². The Morgan fingerprint density at radius 2 is 1.89 bits per heavy atom. The molecular formula is C25H35N5O6S2. The van der Waals surface area contributed by atoms with Crippen molar-refractivity contribution in [3.63, 3.8) is 0 Å². The Balaban J connectivity index is 1.47. The van der Waals surface area contributed by atoms with E-state index < -0.39 is 16.1 Å². The minimum absolute atomic E-state index is 0.0708. The largest absolute Gasteiger partial charge is 0.465 e. The van der Waals surface area contributed by atoms with Gasteiger partial charge in [-0.05, 0) is 51.7 Å². The lowest BCUT2D eigenvalue weighted by Crippen LogP contribution is -2.56. The molecule has 1 aromatic heterocycles. The van der Waals surface area contributed by atoms with Gasteiger partial charge in [-0.15, -0.1) is 11.3 Å². The monoisotopic (exact) mass is 565 g/mol. The summed E-state index contributed by atoms with van der Waals surface area (Å²) in [6.45, 7) is 6.32. The van der Waals surface area contributed by atoms with Crippen LogP contribution < -0.4 is 15.4 Å².